The van der Waals surface area contributed by atoms with Gasteiger partial charge in [-0.25, -0.2) is 4.79 Å². The Kier molecular flexibility index (Phi) is 7.74. The summed E-state index contributed by atoms with van der Waals surface area (Å²) in [6.45, 7) is 4.50. The number of carbonyl (C=O) groups excluding carboxylic acids is 2. The molecule has 1 aromatic carbocycles. The fourth-order valence-corrected chi connectivity index (χ4v) is 4.99. The minimum Gasteiger partial charge on any atom is -0.504 e. The van der Waals surface area contributed by atoms with Gasteiger partial charge in [0, 0.05) is 32.0 Å². The van der Waals surface area contributed by atoms with Crippen molar-refractivity contribution in [2.75, 3.05) is 26.7 Å². The number of β-lactam (4-membered cyclic amide) rings is 1. The largest absolute Gasteiger partial charge is 0.504 e. The molecule has 10 nitrogen and oxygen atoms in total. The van der Waals surface area contributed by atoms with E-state index in [0.717, 1.165) is 0 Å². The van der Waals surface area contributed by atoms with Crippen LogP contribution in [0.2, 0.25) is 5.02 Å². The molecular formula is C23H30ClN3O7. The number of hydrogen-bond donors (Lipinski definition) is 5. The van der Waals surface area contributed by atoms with E-state index >= 15 is 0 Å². The highest BCUT2D eigenvalue weighted by atomic mass is 35.5. The van der Waals surface area contributed by atoms with Gasteiger partial charge in [-0.1, -0.05) is 24.6 Å². The van der Waals surface area contributed by atoms with Crippen LogP contribution in [0.5, 0.6) is 11.5 Å². The van der Waals surface area contributed by atoms with Gasteiger partial charge in [-0.05, 0) is 37.6 Å². The van der Waals surface area contributed by atoms with Crippen LogP contribution in [0.15, 0.2) is 23.4 Å². The van der Waals surface area contributed by atoms with Gasteiger partial charge < -0.3 is 35.5 Å². The van der Waals surface area contributed by atoms with Crippen molar-refractivity contribution in [2.45, 2.75) is 38.8 Å². The van der Waals surface area contributed by atoms with E-state index in [9.17, 15) is 34.8 Å². The summed E-state index contributed by atoms with van der Waals surface area (Å²) in [7, 11) is 1.80. The normalized spacial score (nSPS) is 22.6. The minimum atomic E-state index is -1.16. The second-order valence-electron chi connectivity index (χ2n) is 8.93. The van der Waals surface area contributed by atoms with Crippen molar-refractivity contribution in [1.82, 2.24) is 15.1 Å². The molecule has 0 aliphatic carbocycles. The minimum absolute atomic E-state index is 0.00989. The molecule has 1 unspecified atom stereocenters. The van der Waals surface area contributed by atoms with Crippen LogP contribution in [-0.4, -0.2) is 86.8 Å². The van der Waals surface area contributed by atoms with Gasteiger partial charge in [-0.3, -0.25) is 9.59 Å². The number of benzene rings is 1. The standard InChI is InChI=1S/C23H30ClN3O7/c1-11-14(20(23(33)34)27-19(11)17(12(2)28)22(27)32)10-26(3)9-8-25-16(30)7-5-13-4-6-15(29)21(31)18(13)24/h4,6,11-12,17,19,28-29,31H,5,7-10H2,1-3H3,(H,25,30)(H,33,34)/t11-,12+,17+,19?/m0/s1. The molecule has 0 spiro atoms. The number of carboxylic acids is 1. The molecule has 11 heteroatoms. The average molecular weight is 496 g/mol. The number of aromatic hydroxyl groups is 2. The summed E-state index contributed by atoms with van der Waals surface area (Å²) in [4.78, 5) is 39.7. The van der Waals surface area contributed by atoms with Gasteiger partial charge in [0.1, 0.15) is 5.70 Å². The molecule has 2 amide bonds. The highest BCUT2D eigenvalue weighted by Crippen LogP contribution is 2.47. The zero-order valence-electron chi connectivity index (χ0n) is 19.3. The molecule has 0 radical (unpaired) electrons. The number of amides is 2. The number of aliphatic hydroxyl groups is 1. The van der Waals surface area contributed by atoms with Crippen LogP contribution in [0.25, 0.3) is 0 Å². The van der Waals surface area contributed by atoms with Crippen molar-refractivity contribution in [1.29, 1.82) is 0 Å². The highest BCUT2D eigenvalue weighted by molar-refractivity contribution is 6.33. The number of likely N-dealkylation sites (N-methyl/N-ethyl adjacent to an activating group) is 1. The van der Waals surface area contributed by atoms with E-state index in [-0.39, 0.29) is 53.1 Å². The van der Waals surface area contributed by atoms with E-state index in [1.54, 1.807) is 13.1 Å². The number of halogens is 1. The molecule has 0 bridgehead atoms. The van der Waals surface area contributed by atoms with E-state index in [1.807, 2.05) is 11.8 Å². The molecule has 4 atom stereocenters. The molecule has 1 saturated heterocycles. The molecule has 1 aromatic rings. The van der Waals surface area contributed by atoms with Crippen molar-refractivity contribution in [3.05, 3.63) is 34.0 Å². The number of fused-ring (bicyclic) bond motifs is 1. The Hall–Kier alpha value is -2.82. The van der Waals surface area contributed by atoms with Crippen LogP contribution in [-0.2, 0) is 20.8 Å². The second kappa shape index (κ2) is 10.2. The summed E-state index contributed by atoms with van der Waals surface area (Å²) in [5.41, 5.74) is 1.16. The number of nitrogens with zero attached hydrogens (tertiary/aromatic N) is 2. The molecule has 2 heterocycles. The fraction of sp³-hybridized carbons (Fsp3) is 0.522. The van der Waals surface area contributed by atoms with Gasteiger partial charge in [0.2, 0.25) is 11.8 Å². The van der Waals surface area contributed by atoms with Crippen molar-refractivity contribution in [2.24, 2.45) is 11.8 Å². The lowest BCUT2D eigenvalue weighted by Crippen LogP contribution is -2.63. The van der Waals surface area contributed by atoms with Crippen molar-refractivity contribution in [3.63, 3.8) is 0 Å². The SMILES string of the molecule is C[C@H]1C(CN(C)CCNC(=O)CCc2ccc(O)c(O)c2Cl)=C(C(=O)O)N2C(=O)[C@H]([C@@H](C)O)C12. The molecular weight excluding hydrogens is 466 g/mol. The van der Waals surface area contributed by atoms with Gasteiger partial charge in [0.05, 0.1) is 23.1 Å². The first kappa shape index (κ1) is 25.8. The van der Waals surface area contributed by atoms with Crippen LogP contribution >= 0.6 is 11.6 Å². The maximum atomic E-state index is 12.4. The van der Waals surface area contributed by atoms with Crippen LogP contribution < -0.4 is 5.32 Å². The second-order valence-corrected chi connectivity index (χ2v) is 9.30. The molecule has 34 heavy (non-hydrogen) atoms. The van der Waals surface area contributed by atoms with Crippen LogP contribution in [0, 0.1) is 11.8 Å². The Bertz CT molecular complexity index is 1030. The predicted octanol–water partition coefficient (Wildman–Crippen LogP) is 0.928. The molecule has 2 aliphatic rings. The van der Waals surface area contributed by atoms with Gasteiger partial charge in [-0.2, -0.15) is 0 Å². The van der Waals surface area contributed by atoms with E-state index in [2.05, 4.69) is 5.32 Å². The summed E-state index contributed by atoms with van der Waals surface area (Å²) in [5.74, 6) is -3.29. The maximum absolute atomic E-state index is 12.4. The van der Waals surface area contributed by atoms with E-state index < -0.39 is 23.7 Å². The number of carboxylic acid groups (broad SMARTS) is 1. The molecule has 2 aliphatic heterocycles. The van der Waals surface area contributed by atoms with Gasteiger partial charge in [0.25, 0.3) is 0 Å². The molecule has 0 aromatic heterocycles. The summed E-state index contributed by atoms with van der Waals surface area (Å²) >= 11 is 5.98. The molecule has 3 rings (SSSR count). The third-order valence-corrected chi connectivity index (χ3v) is 6.99. The molecule has 186 valence electrons. The van der Waals surface area contributed by atoms with Gasteiger partial charge >= 0.3 is 5.97 Å². The topological polar surface area (TPSA) is 151 Å². The lowest BCUT2D eigenvalue weighted by molar-refractivity contribution is -0.163. The Morgan fingerprint density at radius 2 is 1.97 bits per heavy atom. The fourth-order valence-electron chi connectivity index (χ4n) is 4.74. The number of phenolic OH excluding ortho intramolecular Hbond substituents is 2. The van der Waals surface area contributed by atoms with Gasteiger partial charge in [-0.15, -0.1) is 0 Å². The zero-order valence-corrected chi connectivity index (χ0v) is 20.0. The summed E-state index contributed by atoms with van der Waals surface area (Å²) < 4.78 is 0. The third kappa shape index (κ3) is 4.84. The summed E-state index contributed by atoms with van der Waals surface area (Å²) in [6, 6.07) is 2.51. The monoisotopic (exact) mass is 495 g/mol. The van der Waals surface area contributed by atoms with E-state index in [1.165, 1.54) is 17.9 Å². The number of aryl methyl sites for hydroxylation is 1. The Balaban J connectivity index is 1.51. The van der Waals surface area contributed by atoms with Crippen LogP contribution in [0.3, 0.4) is 0 Å². The summed E-state index contributed by atoms with van der Waals surface area (Å²) in [5, 5.41) is 41.6. The number of hydrogen-bond acceptors (Lipinski definition) is 7. The third-order valence-electron chi connectivity index (χ3n) is 6.57. The number of aliphatic hydroxyl groups excluding tert-OH is 1. The van der Waals surface area contributed by atoms with Crippen LogP contribution in [0.4, 0.5) is 0 Å². The van der Waals surface area contributed by atoms with Crippen molar-refractivity contribution in [3.8, 4) is 11.5 Å². The highest BCUT2D eigenvalue weighted by Gasteiger charge is 2.59. The Morgan fingerprint density at radius 1 is 1.29 bits per heavy atom. The van der Waals surface area contributed by atoms with E-state index in [4.69, 9.17) is 11.6 Å². The first-order valence-electron chi connectivity index (χ1n) is 11.1. The van der Waals surface area contributed by atoms with Crippen LogP contribution in [0.1, 0.15) is 25.8 Å². The quantitative estimate of drug-likeness (QED) is 0.237. The number of rotatable bonds is 10. The van der Waals surface area contributed by atoms with Crippen molar-refractivity contribution < 1.29 is 34.8 Å². The molecule has 5 N–H and O–H groups in total. The number of phenols is 2. The lowest BCUT2D eigenvalue weighted by atomic mass is 9.77. The number of aliphatic carboxylic acids is 1. The Morgan fingerprint density at radius 3 is 2.59 bits per heavy atom. The smallest absolute Gasteiger partial charge is 0.352 e. The number of nitrogens with one attached hydrogen (secondary N) is 1. The molecule has 1 fully saturated rings. The molecule has 0 saturated carbocycles. The Labute approximate surface area is 202 Å². The average Bonchev–Trinajstić information content (AvgIpc) is 2.99. The summed E-state index contributed by atoms with van der Waals surface area (Å²) in [6.07, 6.45) is -0.423. The zero-order chi connectivity index (χ0) is 25.3. The first-order valence-corrected chi connectivity index (χ1v) is 11.5. The maximum Gasteiger partial charge on any atom is 0.352 e. The number of carbonyl (C=O) groups is 3. The van der Waals surface area contributed by atoms with Gasteiger partial charge in [0.15, 0.2) is 11.5 Å². The van der Waals surface area contributed by atoms with E-state index in [0.29, 0.717) is 30.8 Å². The lowest BCUT2D eigenvalue weighted by Gasteiger charge is -2.46. The first-order chi connectivity index (χ1) is 16.0. The van der Waals surface area contributed by atoms with Crippen molar-refractivity contribution >= 4 is 29.4 Å². The predicted molar refractivity (Wildman–Crippen MR) is 123 cm³/mol.